The van der Waals surface area contributed by atoms with Crippen LogP contribution in [0.4, 0.5) is 0 Å². The molecule has 0 amide bonds. The van der Waals surface area contributed by atoms with E-state index < -0.39 is 0 Å². The van der Waals surface area contributed by atoms with Gasteiger partial charge >= 0.3 is 0 Å². The van der Waals surface area contributed by atoms with E-state index in [2.05, 4.69) is 39.0 Å². The monoisotopic (exact) mass is 239 g/mol. The second kappa shape index (κ2) is 6.21. The number of likely N-dealkylation sites (N-methyl/N-ethyl adjacent to an activating group) is 2. The molecular formula is C12H25N5. The molecule has 1 saturated heterocycles. The average Bonchev–Trinajstić information content (AvgIpc) is 2.76. The second-order valence-corrected chi connectivity index (χ2v) is 4.83. The zero-order chi connectivity index (χ0) is 12.1. The van der Waals surface area contributed by atoms with Crippen LogP contribution in [0.25, 0.3) is 0 Å². The molecule has 2 rings (SSSR count). The van der Waals surface area contributed by atoms with Gasteiger partial charge in [-0.25, -0.2) is 0 Å². The highest BCUT2D eigenvalue weighted by atomic mass is 15.3. The summed E-state index contributed by atoms with van der Waals surface area (Å²) >= 11 is 0. The Balaban J connectivity index is 1.60. The molecule has 1 N–H and O–H groups in total. The van der Waals surface area contributed by atoms with Crippen LogP contribution in [0.3, 0.4) is 0 Å². The molecule has 5 heteroatoms. The van der Waals surface area contributed by atoms with Crippen molar-refractivity contribution >= 4 is 5.96 Å². The molecule has 1 fully saturated rings. The van der Waals surface area contributed by atoms with Crippen molar-refractivity contribution in [2.75, 3.05) is 66.0 Å². The number of rotatable bonds is 4. The van der Waals surface area contributed by atoms with Crippen molar-refractivity contribution in [3.05, 3.63) is 0 Å². The lowest BCUT2D eigenvalue weighted by atomic mass is 10.3. The quantitative estimate of drug-likeness (QED) is 0.718. The molecule has 2 aliphatic heterocycles. The second-order valence-electron chi connectivity index (χ2n) is 4.83. The molecule has 0 saturated carbocycles. The van der Waals surface area contributed by atoms with Crippen LogP contribution in [-0.2, 0) is 0 Å². The minimum atomic E-state index is 0.938. The van der Waals surface area contributed by atoms with Gasteiger partial charge in [-0.15, -0.1) is 0 Å². The van der Waals surface area contributed by atoms with Crippen molar-refractivity contribution in [2.24, 2.45) is 4.99 Å². The third-order valence-electron chi connectivity index (χ3n) is 3.68. The molecule has 0 aromatic rings. The van der Waals surface area contributed by atoms with Gasteiger partial charge in [0.2, 0.25) is 0 Å². The van der Waals surface area contributed by atoms with Gasteiger partial charge < -0.3 is 15.1 Å². The molecule has 2 heterocycles. The van der Waals surface area contributed by atoms with Gasteiger partial charge in [0, 0.05) is 52.9 Å². The summed E-state index contributed by atoms with van der Waals surface area (Å²) in [6.07, 6.45) is 0. The van der Waals surface area contributed by atoms with Crippen LogP contribution in [-0.4, -0.2) is 86.6 Å². The van der Waals surface area contributed by atoms with Crippen LogP contribution in [0.1, 0.15) is 6.92 Å². The van der Waals surface area contributed by atoms with Crippen molar-refractivity contribution in [1.82, 2.24) is 20.0 Å². The first-order chi connectivity index (χ1) is 8.29. The molecule has 0 aliphatic carbocycles. The zero-order valence-electron chi connectivity index (χ0n) is 11.2. The van der Waals surface area contributed by atoms with Gasteiger partial charge in [0.25, 0.3) is 0 Å². The molecule has 0 unspecified atom stereocenters. The van der Waals surface area contributed by atoms with Crippen LogP contribution >= 0.6 is 0 Å². The van der Waals surface area contributed by atoms with E-state index in [1.54, 1.807) is 0 Å². The first-order valence-electron chi connectivity index (χ1n) is 6.73. The summed E-state index contributed by atoms with van der Waals surface area (Å²) in [5, 5.41) is 3.42. The Bertz CT molecular complexity index is 258. The van der Waals surface area contributed by atoms with E-state index in [1.165, 1.54) is 32.7 Å². The van der Waals surface area contributed by atoms with Gasteiger partial charge in [-0.05, 0) is 6.54 Å². The summed E-state index contributed by atoms with van der Waals surface area (Å²) in [5.74, 6) is 1.07. The predicted octanol–water partition coefficient (Wildman–Crippen LogP) is -0.485. The summed E-state index contributed by atoms with van der Waals surface area (Å²) in [5.41, 5.74) is 0. The molecule has 0 bridgehead atoms. The van der Waals surface area contributed by atoms with Crippen LogP contribution in [0.2, 0.25) is 0 Å². The van der Waals surface area contributed by atoms with Gasteiger partial charge in [0.15, 0.2) is 5.96 Å². The van der Waals surface area contributed by atoms with Crippen molar-refractivity contribution in [2.45, 2.75) is 6.92 Å². The summed E-state index contributed by atoms with van der Waals surface area (Å²) in [4.78, 5) is 11.7. The van der Waals surface area contributed by atoms with Gasteiger partial charge in [-0.2, -0.15) is 0 Å². The summed E-state index contributed by atoms with van der Waals surface area (Å²) < 4.78 is 0. The average molecular weight is 239 g/mol. The summed E-state index contributed by atoms with van der Waals surface area (Å²) in [6.45, 7) is 12.4. The maximum Gasteiger partial charge on any atom is 0.193 e. The standard InChI is InChI=1S/C12H25N5/c1-3-16-8-10-17(11-9-16)7-5-14-12-13-4-6-15(12)2/h3-11H2,1-2H3,(H,13,14). The van der Waals surface area contributed by atoms with E-state index >= 15 is 0 Å². The van der Waals surface area contributed by atoms with Gasteiger partial charge in [-0.1, -0.05) is 6.92 Å². The SMILES string of the molecule is CCN1CCN(CCNC2=NCCN2C)CC1. The van der Waals surface area contributed by atoms with E-state index in [1.807, 2.05) is 0 Å². The molecule has 0 aromatic heterocycles. The van der Waals surface area contributed by atoms with Gasteiger partial charge in [0.05, 0.1) is 6.54 Å². The first-order valence-corrected chi connectivity index (χ1v) is 6.73. The van der Waals surface area contributed by atoms with Crippen LogP contribution < -0.4 is 5.32 Å². The van der Waals surface area contributed by atoms with Crippen LogP contribution in [0.15, 0.2) is 4.99 Å². The predicted molar refractivity (Wildman–Crippen MR) is 71.5 cm³/mol. The van der Waals surface area contributed by atoms with Crippen molar-refractivity contribution in [3.63, 3.8) is 0 Å². The number of hydrogen-bond donors (Lipinski definition) is 1. The Morgan fingerprint density at radius 3 is 2.41 bits per heavy atom. The Morgan fingerprint density at radius 2 is 1.82 bits per heavy atom. The normalized spacial score (nSPS) is 22.9. The number of hydrogen-bond acceptors (Lipinski definition) is 5. The lowest BCUT2D eigenvalue weighted by molar-refractivity contribution is 0.139. The smallest absolute Gasteiger partial charge is 0.193 e. The Kier molecular flexibility index (Phi) is 4.62. The highest BCUT2D eigenvalue weighted by Crippen LogP contribution is 2.00. The third-order valence-corrected chi connectivity index (χ3v) is 3.68. The first kappa shape index (κ1) is 12.6. The Labute approximate surface area is 104 Å². The third kappa shape index (κ3) is 3.57. The Morgan fingerprint density at radius 1 is 1.12 bits per heavy atom. The van der Waals surface area contributed by atoms with E-state index in [9.17, 15) is 0 Å². The fourth-order valence-corrected chi connectivity index (χ4v) is 2.38. The van der Waals surface area contributed by atoms with Crippen molar-refractivity contribution in [1.29, 1.82) is 0 Å². The maximum atomic E-state index is 4.43. The summed E-state index contributed by atoms with van der Waals surface area (Å²) in [7, 11) is 2.10. The fraction of sp³-hybridized carbons (Fsp3) is 0.917. The van der Waals surface area contributed by atoms with Crippen molar-refractivity contribution < 1.29 is 0 Å². The zero-order valence-corrected chi connectivity index (χ0v) is 11.2. The Hall–Kier alpha value is -0.810. The molecule has 0 radical (unpaired) electrons. The molecule has 0 spiro atoms. The fourth-order valence-electron chi connectivity index (χ4n) is 2.38. The van der Waals surface area contributed by atoms with E-state index in [0.717, 1.165) is 32.1 Å². The summed E-state index contributed by atoms with van der Waals surface area (Å²) in [6, 6.07) is 0. The number of piperazine rings is 1. The van der Waals surface area contributed by atoms with Gasteiger partial charge in [-0.3, -0.25) is 9.89 Å². The van der Waals surface area contributed by atoms with E-state index in [0.29, 0.717) is 0 Å². The molecule has 98 valence electrons. The molecule has 0 aromatic carbocycles. The van der Waals surface area contributed by atoms with Gasteiger partial charge in [0.1, 0.15) is 0 Å². The van der Waals surface area contributed by atoms with E-state index in [4.69, 9.17) is 0 Å². The molecule has 0 atom stereocenters. The maximum absolute atomic E-state index is 4.43. The minimum Gasteiger partial charge on any atom is -0.355 e. The lowest BCUT2D eigenvalue weighted by Crippen LogP contribution is -2.48. The number of nitrogens with one attached hydrogen (secondary N) is 1. The molecular weight excluding hydrogens is 214 g/mol. The topological polar surface area (TPSA) is 34.1 Å². The lowest BCUT2D eigenvalue weighted by Gasteiger charge is -2.34. The molecule has 5 nitrogen and oxygen atoms in total. The number of guanidine groups is 1. The van der Waals surface area contributed by atoms with E-state index in [-0.39, 0.29) is 0 Å². The number of aliphatic imine (C=N–C) groups is 1. The van der Waals surface area contributed by atoms with Crippen LogP contribution in [0, 0.1) is 0 Å². The molecule has 2 aliphatic rings. The highest BCUT2D eigenvalue weighted by Gasteiger charge is 2.16. The molecule has 17 heavy (non-hydrogen) atoms. The highest BCUT2D eigenvalue weighted by molar-refractivity contribution is 5.81. The minimum absolute atomic E-state index is 0.938. The largest absolute Gasteiger partial charge is 0.355 e. The van der Waals surface area contributed by atoms with Crippen molar-refractivity contribution in [3.8, 4) is 0 Å². The van der Waals surface area contributed by atoms with Crippen LogP contribution in [0.5, 0.6) is 0 Å². The number of nitrogens with zero attached hydrogens (tertiary/aromatic N) is 4.